The summed E-state index contributed by atoms with van der Waals surface area (Å²) >= 11 is 0. The molecule has 0 spiro atoms. The molecule has 1 aromatic heterocycles. The molecule has 0 fully saturated rings. The molecule has 1 N–H and O–H groups in total. The standard InChI is InChI=1S/C8H7NO2/c10-4-6-1-2-8-7(3-6)9-5-11-8/h1-3,5,10H,4H2. The van der Waals surface area contributed by atoms with Crippen LogP contribution in [0.2, 0.25) is 0 Å². The lowest BCUT2D eigenvalue weighted by Crippen LogP contribution is -1.80. The summed E-state index contributed by atoms with van der Waals surface area (Å²) in [4.78, 5) is 3.95. The van der Waals surface area contributed by atoms with Crippen LogP contribution in [-0.2, 0) is 6.61 Å². The van der Waals surface area contributed by atoms with Crippen molar-refractivity contribution in [2.45, 2.75) is 6.61 Å². The fraction of sp³-hybridized carbons (Fsp3) is 0.125. The molecule has 0 saturated heterocycles. The van der Waals surface area contributed by atoms with Crippen LogP contribution in [0.15, 0.2) is 29.0 Å². The molecule has 56 valence electrons. The molecule has 2 aromatic rings. The summed E-state index contributed by atoms with van der Waals surface area (Å²) in [5.41, 5.74) is 2.39. The summed E-state index contributed by atoms with van der Waals surface area (Å²) in [5.74, 6) is 0. The number of aliphatic hydroxyl groups is 1. The predicted molar refractivity (Wildman–Crippen MR) is 39.9 cm³/mol. The first kappa shape index (κ1) is 6.37. The van der Waals surface area contributed by atoms with Gasteiger partial charge in [0.1, 0.15) is 5.52 Å². The average Bonchev–Trinajstić information content (AvgIpc) is 2.50. The first-order valence-electron chi connectivity index (χ1n) is 3.33. The van der Waals surface area contributed by atoms with Crippen LogP contribution in [0.5, 0.6) is 0 Å². The van der Waals surface area contributed by atoms with E-state index in [1.807, 2.05) is 6.07 Å². The summed E-state index contributed by atoms with van der Waals surface area (Å²) in [5, 5.41) is 8.78. The second-order valence-corrected chi connectivity index (χ2v) is 2.31. The topological polar surface area (TPSA) is 46.3 Å². The van der Waals surface area contributed by atoms with Crippen LogP contribution in [0.4, 0.5) is 0 Å². The van der Waals surface area contributed by atoms with Crippen molar-refractivity contribution < 1.29 is 9.52 Å². The second kappa shape index (κ2) is 2.36. The molecule has 0 atom stereocenters. The monoisotopic (exact) mass is 149 g/mol. The maximum atomic E-state index is 8.78. The molecule has 0 aliphatic carbocycles. The third-order valence-corrected chi connectivity index (χ3v) is 1.58. The van der Waals surface area contributed by atoms with Gasteiger partial charge in [0.15, 0.2) is 12.0 Å². The highest BCUT2D eigenvalue weighted by molar-refractivity contribution is 5.72. The van der Waals surface area contributed by atoms with Crippen molar-refractivity contribution in [2.24, 2.45) is 0 Å². The van der Waals surface area contributed by atoms with E-state index < -0.39 is 0 Å². The molecule has 3 nitrogen and oxygen atoms in total. The fourth-order valence-electron chi connectivity index (χ4n) is 1.00. The highest BCUT2D eigenvalue weighted by atomic mass is 16.3. The van der Waals surface area contributed by atoms with Crippen molar-refractivity contribution in [3.8, 4) is 0 Å². The van der Waals surface area contributed by atoms with Crippen LogP contribution in [0.1, 0.15) is 5.56 Å². The van der Waals surface area contributed by atoms with E-state index in [2.05, 4.69) is 4.98 Å². The predicted octanol–water partition coefficient (Wildman–Crippen LogP) is 1.32. The van der Waals surface area contributed by atoms with E-state index >= 15 is 0 Å². The Morgan fingerprint density at radius 2 is 2.36 bits per heavy atom. The Morgan fingerprint density at radius 1 is 1.45 bits per heavy atom. The lowest BCUT2D eigenvalue weighted by Gasteiger charge is -1.92. The molecule has 0 unspecified atom stereocenters. The second-order valence-electron chi connectivity index (χ2n) is 2.31. The van der Waals surface area contributed by atoms with Crippen molar-refractivity contribution in [1.82, 2.24) is 4.98 Å². The summed E-state index contributed by atoms with van der Waals surface area (Å²) in [6.45, 7) is 0.0444. The number of hydrogen-bond donors (Lipinski definition) is 1. The van der Waals surface area contributed by atoms with Crippen molar-refractivity contribution in [3.63, 3.8) is 0 Å². The number of hydrogen-bond acceptors (Lipinski definition) is 3. The molecule has 0 saturated carbocycles. The van der Waals surface area contributed by atoms with E-state index in [1.165, 1.54) is 6.39 Å². The Kier molecular flexibility index (Phi) is 1.36. The summed E-state index contributed by atoms with van der Waals surface area (Å²) in [6.07, 6.45) is 1.39. The SMILES string of the molecule is OCc1ccc2ocnc2c1. The van der Waals surface area contributed by atoms with E-state index in [9.17, 15) is 0 Å². The molecule has 11 heavy (non-hydrogen) atoms. The van der Waals surface area contributed by atoms with Crippen LogP contribution in [0.25, 0.3) is 11.1 Å². The van der Waals surface area contributed by atoms with Crippen LogP contribution < -0.4 is 0 Å². The number of aliphatic hydroxyl groups excluding tert-OH is 1. The lowest BCUT2D eigenvalue weighted by atomic mass is 10.2. The van der Waals surface area contributed by atoms with E-state index in [0.29, 0.717) is 0 Å². The molecule has 0 bridgehead atoms. The highest BCUT2D eigenvalue weighted by Crippen LogP contribution is 2.13. The van der Waals surface area contributed by atoms with Gasteiger partial charge in [-0.15, -0.1) is 0 Å². The molecule has 0 amide bonds. The first-order chi connectivity index (χ1) is 5.40. The van der Waals surface area contributed by atoms with Gasteiger partial charge in [-0.1, -0.05) is 6.07 Å². The number of nitrogens with zero attached hydrogens (tertiary/aromatic N) is 1. The minimum absolute atomic E-state index is 0.0444. The molecule has 0 radical (unpaired) electrons. The lowest BCUT2D eigenvalue weighted by molar-refractivity contribution is 0.282. The van der Waals surface area contributed by atoms with Gasteiger partial charge in [-0.25, -0.2) is 4.98 Å². The zero-order valence-electron chi connectivity index (χ0n) is 5.82. The van der Waals surface area contributed by atoms with Crippen LogP contribution in [-0.4, -0.2) is 10.1 Å². The van der Waals surface area contributed by atoms with Gasteiger partial charge in [-0.05, 0) is 17.7 Å². The van der Waals surface area contributed by atoms with E-state index in [4.69, 9.17) is 9.52 Å². The third-order valence-electron chi connectivity index (χ3n) is 1.58. The van der Waals surface area contributed by atoms with E-state index in [-0.39, 0.29) is 6.61 Å². The Labute approximate surface area is 63.3 Å². The van der Waals surface area contributed by atoms with Gasteiger partial charge < -0.3 is 9.52 Å². The number of oxazole rings is 1. The molecule has 1 aromatic carbocycles. The normalized spacial score (nSPS) is 10.6. The van der Waals surface area contributed by atoms with Gasteiger partial charge >= 0.3 is 0 Å². The fourth-order valence-corrected chi connectivity index (χ4v) is 1.00. The molecule has 1 heterocycles. The maximum Gasteiger partial charge on any atom is 0.181 e. The third kappa shape index (κ3) is 0.991. The minimum Gasteiger partial charge on any atom is -0.443 e. The van der Waals surface area contributed by atoms with Gasteiger partial charge in [0.05, 0.1) is 6.61 Å². The number of aromatic nitrogens is 1. The molecular formula is C8H7NO2. The van der Waals surface area contributed by atoms with E-state index in [1.54, 1.807) is 12.1 Å². The molecule has 3 heteroatoms. The minimum atomic E-state index is 0.0444. The molecule has 0 aliphatic heterocycles. The zero-order valence-corrected chi connectivity index (χ0v) is 5.82. The van der Waals surface area contributed by atoms with E-state index in [0.717, 1.165) is 16.7 Å². The largest absolute Gasteiger partial charge is 0.443 e. The molecule has 0 aliphatic rings. The highest BCUT2D eigenvalue weighted by Gasteiger charge is 1.97. The van der Waals surface area contributed by atoms with Gasteiger partial charge in [0.25, 0.3) is 0 Å². The van der Waals surface area contributed by atoms with Crippen LogP contribution in [0, 0.1) is 0 Å². The Bertz CT molecular complexity index is 367. The quantitative estimate of drug-likeness (QED) is 0.665. The van der Waals surface area contributed by atoms with Crippen LogP contribution in [0.3, 0.4) is 0 Å². The average molecular weight is 149 g/mol. The molecular weight excluding hydrogens is 142 g/mol. The summed E-state index contributed by atoms with van der Waals surface area (Å²) < 4.78 is 5.02. The van der Waals surface area contributed by atoms with Gasteiger partial charge in [-0.3, -0.25) is 0 Å². The first-order valence-corrected chi connectivity index (χ1v) is 3.33. The molecule has 2 rings (SSSR count). The Hall–Kier alpha value is -1.35. The number of rotatable bonds is 1. The maximum absolute atomic E-state index is 8.78. The van der Waals surface area contributed by atoms with Gasteiger partial charge in [0, 0.05) is 0 Å². The van der Waals surface area contributed by atoms with Crippen molar-refractivity contribution in [3.05, 3.63) is 30.2 Å². The van der Waals surface area contributed by atoms with Crippen molar-refractivity contribution in [2.75, 3.05) is 0 Å². The Balaban J connectivity index is 2.67. The number of benzene rings is 1. The summed E-state index contributed by atoms with van der Waals surface area (Å²) in [7, 11) is 0. The van der Waals surface area contributed by atoms with Gasteiger partial charge in [-0.2, -0.15) is 0 Å². The van der Waals surface area contributed by atoms with Crippen molar-refractivity contribution >= 4 is 11.1 Å². The number of fused-ring (bicyclic) bond motifs is 1. The van der Waals surface area contributed by atoms with Crippen LogP contribution >= 0.6 is 0 Å². The van der Waals surface area contributed by atoms with Crippen molar-refractivity contribution in [1.29, 1.82) is 0 Å². The Morgan fingerprint density at radius 3 is 3.18 bits per heavy atom. The smallest absolute Gasteiger partial charge is 0.181 e. The summed E-state index contributed by atoms with van der Waals surface area (Å²) in [6, 6.07) is 5.42. The van der Waals surface area contributed by atoms with Gasteiger partial charge in [0.2, 0.25) is 0 Å². The zero-order chi connectivity index (χ0) is 7.68.